The average Bonchev–Trinajstić information content (AvgIpc) is 2.44. The van der Waals surface area contributed by atoms with Crippen molar-refractivity contribution in [3.05, 3.63) is 35.9 Å². The molecule has 1 atom stereocenters. The van der Waals surface area contributed by atoms with Crippen LogP contribution >= 0.6 is 0 Å². The lowest BCUT2D eigenvalue weighted by atomic mass is 9.73. The molecule has 0 spiro atoms. The molecule has 0 fully saturated rings. The van der Waals surface area contributed by atoms with Crippen LogP contribution in [0.2, 0.25) is 0 Å². The number of esters is 1. The molecule has 1 unspecified atom stereocenters. The highest BCUT2D eigenvalue weighted by atomic mass is 16.5. The van der Waals surface area contributed by atoms with Crippen molar-refractivity contribution in [1.29, 1.82) is 0 Å². The minimum atomic E-state index is -0.551. The van der Waals surface area contributed by atoms with E-state index >= 15 is 0 Å². The summed E-state index contributed by atoms with van der Waals surface area (Å²) >= 11 is 0. The number of hydrogen-bond donors (Lipinski definition) is 1. The van der Waals surface area contributed by atoms with Gasteiger partial charge in [0.05, 0.1) is 12.0 Å². The number of carbonyl (C=O) groups excluding carboxylic acids is 1. The summed E-state index contributed by atoms with van der Waals surface area (Å²) in [6, 6.07) is 10.3. The van der Waals surface area contributed by atoms with Gasteiger partial charge < -0.3 is 10.5 Å². The highest BCUT2D eigenvalue weighted by molar-refractivity contribution is 5.77. The minimum Gasteiger partial charge on any atom is -0.466 e. The van der Waals surface area contributed by atoms with E-state index in [-0.39, 0.29) is 11.9 Å². The van der Waals surface area contributed by atoms with Crippen LogP contribution in [0.1, 0.15) is 39.2 Å². The van der Waals surface area contributed by atoms with E-state index < -0.39 is 5.41 Å². The molecule has 0 radical (unpaired) electrons. The molecule has 0 saturated carbocycles. The molecular formula is C17H27NO2. The Kier molecular flexibility index (Phi) is 6.73. The van der Waals surface area contributed by atoms with E-state index in [1.165, 1.54) is 5.56 Å². The van der Waals surface area contributed by atoms with Crippen LogP contribution in [0.25, 0.3) is 0 Å². The third kappa shape index (κ3) is 4.07. The Morgan fingerprint density at radius 1 is 1.30 bits per heavy atom. The lowest BCUT2D eigenvalue weighted by Gasteiger charge is -2.34. The third-order valence-electron chi connectivity index (χ3n) is 4.08. The second-order valence-corrected chi connectivity index (χ2v) is 5.57. The van der Waals surface area contributed by atoms with Crippen LogP contribution in [0.4, 0.5) is 0 Å². The Balaban J connectivity index is 2.68. The molecule has 0 amide bonds. The van der Waals surface area contributed by atoms with E-state index in [0.717, 1.165) is 19.3 Å². The molecule has 20 heavy (non-hydrogen) atoms. The van der Waals surface area contributed by atoms with Gasteiger partial charge in [0.15, 0.2) is 0 Å². The minimum absolute atomic E-state index is 0.148. The van der Waals surface area contributed by atoms with Crippen molar-refractivity contribution in [1.82, 2.24) is 0 Å². The number of benzene rings is 1. The van der Waals surface area contributed by atoms with Crippen molar-refractivity contribution < 1.29 is 9.53 Å². The van der Waals surface area contributed by atoms with Gasteiger partial charge in [0, 0.05) is 6.54 Å². The Morgan fingerprint density at radius 2 is 1.95 bits per heavy atom. The second-order valence-electron chi connectivity index (χ2n) is 5.57. The van der Waals surface area contributed by atoms with Crippen molar-refractivity contribution in [2.75, 3.05) is 13.2 Å². The molecule has 2 N–H and O–H groups in total. The van der Waals surface area contributed by atoms with Crippen molar-refractivity contribution in [2.24, 2.45) is 17.1 Å². The fraction of sp³-hybridized carbons (Fsp3) is 0.588. The van der Waals surface area contributed by atoms with Crippen LogP contribution in [-0.4, -0.2) is 19.1 Å². The van der Waals surface area contributed by atoms with Crippen LogP contribution in [0.5, 0.6) is 0 Å². The van der Waals surface area contributed by atoms with E-state index in [4.69, 9.17) is 10.5 Å². The molecule has 0 aromatic heterocycles. The normalized spacial score (nSPS) is 14.1. The first kappa shape index (κ1) is 16.7. The number of aryl methyl sites for hydroxylation is 1. The van der Waals surface area contributed by atoms with Gasteiger partial charge in [0.2, 0.25) is 0 Å². The highest BCUT2D eigenvalue weighted by Gasteiger charge is 2.41. The zero-order valence-electron chi connectivity index (χ0n) is 12.9. The first-order chi connectivity index (χ1) is 9.56. The van der Waals surface area contributed by atoms with Crippen LogP contribution < -0.4 is 5.73 Å². The molecule has 0 aliphatic carbocycles. The lowest BCUT2D eigenvalue weighted by molar-refractivity contribution is -0.158. The summed E-state index contributed by atoms with van der Waals surface area (Å²) in [6.07, 6.45) is 2.68. The van der Waals surface area contributed by atoms with E-state index in [1.54, 1.807) is 0 Å². The van der Waals surface area contributed by atoms with Crippen molar-refractivity contribution in [3.8, 4) is 0 Å². The summed E-state index contributed by atoms with van der Waals surface area (Å²) in [5.74, 6) is 0.0351. The third-order valence-corrected chi connectivity index (χ3v) is 4.08. The average molecular weight is 277 g/mol. The summed E-state index contributed by atoms with van der Waals surface area (Å²) < 4.78 is 5.24. The number of rotatable bonds is 8. The summed E-state index contributed by atoms with van der Waals surface area (Å²) in [6.45, 7) is 6.69. The quantitative estimate of drug-likeness (QED) is 0.743. The van der Waals surface area contributed by atoms with Crippen molar-refractivity contribution in [2.45, 2.75) is 40.0 Å². The Labute approximate surface area is 122 Å². The van der Waals surface area contributed by atoms with E-state index in [2.05, 4.69) is 12.1 Å². The molecule has 0 aliphatic heterocycles. The van der Waals surface area contributed by atoms with Gasteiger partial charge in [0.25, 0.3) is 0 Å². The number of nitrogens with two attached hydrogens (primary N) is 1. The first-order valence-corrected chi connectivity index (χ1v) is 7.48. The molecule has 3 heteroatoms. The number of carbonyl (C=O) groups is 1. The lowest BCUT2D eigenvalue weighted by Crippen LogP contribution is -2.44. The predicted molar refractivity (Wildman–Crippen MR) is 82.3 cm³/mol. The molecule has 0 saturated heterocycles. The summed E-state index contributed by atoms with van der Waals surface area (Å²) in [5, 5.41) is 0. The Bertz CT molecular complexity index is 403. The van der Waals surface area contributed by atoms with Crippen LogP contribution in [0.15, 0.2) is 30.3 Å². The van der Waals surface area contributed by atoms with Gasteiger partial charge in [-0.15, -0.1) is 0 Å². The van der Waals surface area contributed by atoms with Gasteiger partial charge >= 0.3 is 5.97 Å². The summed E-state index contributed by atoms with van der Waals surface area (Å²) in [5.41, 5.74) is 6.66. The number of hydrogen-bond acceptors (Lipinski definition) is 3. The van der Waals surface area contributed by atoms with Crippen LogP contribution in [0, 0.1) is 11.3 Å². The van der Waals surface area contributed by atoms with Gasteiger partial charge in [0.1, 0.15) is 0 Å². The van der Waals surface area contributed by atoms with Gasteiger partial charge in [-0.05, 0) is 37.7 Å². The molecule has 1 aromatic rings. The molecule has 1 rings (SSSR count). The molecule has 0 aliphatic rings. The van der Waals surface area contributed by atoms with Crippen molar-refractivity contribution >= 4 is 5.97 Å². The predicted octanol–water partition coefficient (Wildman–Crippen LogP) is 3.17. The van der Waals surface area contributed by atoms with Gasteiger partial charge in [-0.2, -0.15) is 0 Å². The topological polar surface area (TPSA) is 52.3 Å². The molecular weight excluding hydrogens is 250 g/mol. The monoisotopic (exact) mass is 277 g/mol. The number of ether oxygens (including phenoxy) is 1. The highest BCUT2D eigenvalue weighted by Crippen LogP contribution is 2.34. The SMILES string of the molecule is CCOC(=O)C(CN)(CCCc1ccccc1)C(C)C. The van der Waals surface area contributed by atoms with Gasteiger partial charge in [-0.1, -0.05) is 44.2 Å². The van der Waals surface area contributed by atoms with Gasteiger partial charge in [-0.25, -0.2) is 0 Å². The van der Waals surface area contributed by atoms with E-state index in [0.29, 0.717) is 13.2 Å². The first-order valence-electron chi connectivity index (χ1n) is 7.48. The summed E-state index contributed by atoms with van der Waals surface area (Å²) in [4.78, 5) is 12.3. The maximum Gasteiger partial charge on any atom is 0.313 e. The molecule has 112 valence electrons. The summed E-state index contributed by atoms with van der Waals surface area (Å²) in [7, 11) is 0. The van der Waals surface area contributed by atoms with E-state index in [1.807, 2.05) is 39.0 Å². The zero-order chi connectivity index (χ0) is 15.0. The fourth-order valence-electron chi connectivity index (χ4n) is 2.58. The Hall–Kier alpha value is -1.35. The van der Waals surface area contributed by atoms with Crippen LogP contribution in [0.3, 0.4) is 0 Å². The molecule has 0 heterocycles. The maximum atomic E-state index is 12.3. The molecule has 1 aromatic carbocycles. The second kappa shape index (κ2) is 8.05. The zero-order valence-corrected chi connectivity index (χ0v) is 12.9. The van der Waals surface area contributed by atoms with E-state index in [9.17, 15) is 4.79 Å². The molecule has 0 bridgehead atoms. The Morgan fingerprint density at radius 3 is 2.45 bits per heavy atom. The molecule has 3 nitrogen and oxygen atoms in total. The van der Waals surface area contributed by atoms with Crippen molar-refractivity contribution in [3.63, 3.8) is 0 Å². The van der Waals surface area contributed by atoms with Crippen LogP contribution in [-0.2, 0) is 16.0 Å². The maximum absolute atomic E-state index is 12.3. The standard InChI is InChI=1S/C17H27NO2/c1-4-20-16(19)17(13-18,14(2)3)12-8-11-15-9-6-5-7-10-15/h5-7,9-10,14H,4,8,11-13,18H2,1-3H3. The largest absolute Gasteiger partial charge is 0.466 e. The smallest absolute Gasteiger partial charge is 0.313 e. The fourth-order valence-corrected chi connectivity index (χ4v) is 2.58. The van der Waals surface area contributed by atoms with Gasteiger partial charge in [-0.3, -0.25) is 4.79 Å².